The third-order valence-electron chi connectivity index (χ3n) is 2.84. The van der Waals surface area contributed by atoms with Crippen molar-refractivity contribution in [3.8, 4) is 0 Å². The van der Waals surface area contributed by atoms with Crippen molar-refractivity contribution in [3.63, 3.8) is 0 Å². The summed E-state index contributed by atoms with van der Waals surface area (Å²) in [6.07, 6.45) is 0. The molecule has 0 spiro atoms. The van der Waals surface area contributed by atoms with Crippen molar-refractivity contribution in [2.75, 3.05) is 59.8 Å². The molecule has 0 saturated heterocycles. The predicted octanol–water partition coefficient (Wildman–Crippen LogP) is 6.97. The van der Waals surface area contributed by atoms with Crippen LogP contribution in [-0.4, -0.2) is 102 Å². The smallest absolute Gasteiger partial charge is 0.344 e. The van der Waals surface area contributed by atoms with Gasteiger partial charge in [-0.3, -0.25) is 24.0 Å². The van der Waals surface area contributed by atoms with Crippen LogP contribution in [0.5, 0.6) is 0 Å². The molecule has 50 heavy (non-hydrogen) atoms. The Bertz CT molecular complexity index is 674. The van der Waals surface area contributed by atoms with E-state index in [9.17, 15) is 33.6 Å². The first kappa shape index (κ1) is 85.6. The first-order valence-corrected chi connectivity index (χ1v) is 12.8. The van der Waals surface area contributed by atoms with Crippen molar-refractivity contribution < 1.29 is 76.2 Å². The molecule has 0 aliphatic rings. The van der Waals surface area contributed by atoms with Crippen LogP contribution in [0.25, 0.3) is 0 Å². The normalized spacial score (nSPS) is 7.16. The lowest BCUT2D eigenvalue weighted by molar-refractivity contribution is -0.157. The van der Waals surface area contributed by atoms with Gasteiger partial charge < -0.3 is 42.6 Å². The molecule has 0 N–H and O–H groups in total. The lowest BCUT2D eigenvalue weighted by Gasteiger charge is -2.00. The fraction of sp³-hybridized carbons (Fsp3) is 0.794. The van der Waals surface area contributed by atoms with E-state index in [1.165, 1.54) is 34.6 Å². The zero-order valence-corrected chi connectivity index (χ0v) is 26.4. The molecular formula is C34H80O16. The van der Waals surface area contributed by atoms with Gasteiger partial charge in [-0.2, -0.15) is 0 Å². The van der Waals surface area contributed by atoms with Crippen LogP contribution in [0, 0.1) is 0 Å². The molecule has 312 valence electrons. The van der Waals surface area contributed by atoms with Gasteiger partial charge in [-0.25, -0.2) is 9.59 Å². The van der Waals surface area contributed by atoms with E-state index < -0.39 is 23.9 Å². The Balaban J connectivity index is -0.0000000302. The second kappa shape index (κ2) is 71.3. The van der Waals surface area contributed by atoms with E-state index in [0.717, 1.165) is 0 Å². The van der Waals surface area contributed by atoms with Crippen molar-refractivity contribution in [1.82, 2.24) is 0 Å². The highest BCUT2D eigenvalue weighted by Gasteiger charge is 2.03. The van der Waals surface area contributed by atoms with Gasteiger partial charge in [0.25, 0.3) is 0 Å². The Labute approximate surface area is 306 Å². The predicted molar refractivity (Wildman–Crippen MR) is 199 cm³/mol. The maximum atomic E-state index is 10.4. The Morgan fingerprint density at radius 2 is 0.540 bits per heavy atom. The third kappa shape index (κ3) is 130. The molecule has 0 atom stereocenters. The Morgan fingerprint density at radius 3 is 0.680 bits per heavy atom. The lowest BCUT2D eigenvalue weighted by Crippen LogP contribution is -2.14. The van der Waals surface area contributed by atoms with Gasteiger partial charge in [0, 0.05) is 47.8 Å². The van der Waals surface area contributed by atoms with E-state index in [4.69, 9.17) is 9.47 Å². The summed E-state index contributed by atoms with van der Waals surface area (Å²) in [5.41, 5.74) is 0. The summed E-state index contributed by atoms with van der Waals surface area (Å²) in [5.74, 6) is -2.81. The lowest BCUT2D eigenvalue weighted by atomic mass is 10.7. The van der Waals surface area contributed by atoms with E-state index in [1.54, 1.807) is 20.8 Å². The van der Waals surface area contributed by atoms with Crippen LogP contribution < -0.4 is 0 Å². The van der Waals surface area contributed by atoms with Crippen molar-refractivity contribution in [3.05, 3.63) is 0 Å². The van der Waals surface area contributed by atoms with Gasteiger partial charge in [0.05, 0.1) is 19.8 Å². The van der Waals surface area contributed by atoms with Crippen LogP contribution in [0.2, 0.25) is 0 Å². The summed E-state index contributed by atoms with van der Waals surface area (Å²) in [5, 5.41) is 0. The van der Waals surface area contributed by atoms with Gasteiger partial charge in [0.15, 0.2) is 26.8 Å². The molecule has 16 nitrogen and oxygen atoms in total. The SMILES string of the molecule is C.C.C.C.C.C.C.C.CCOC(=O)COC(C)=O.CCOC(=O)COC(C)=O.CCOC(C)=O.CCOCOC(C)=O.CCOCOC(C)=O. The van der Waals surface area contributed by atoms with Crippen molar-refractivity contribution in [1.29, 1.82) is 0 Å². The highest BCUT2D eigenvalue weighted by atomic mass is 16.7. The maximum Gasteiger partial charge on any atom is 0.344 e. The second-order valence-electron chi connectivity index (χ2n) is 6.59. The van der Waals surface area contributed by atoms with E-state index in [1.807, 2.05) is 13.8 Å². The number of hydrogen-bond acceptors (Lipinski definition) is 16. The minimum atomic E-state index is -0.516. The number of ether oxygens (including phenoxy) is 9. The minimum absolute atomic E-state index is 0. The fourth-order valence-electron chi connectivity index (χ4n) is 1.35. The van der Waals surface area contributed by atoms with Crippen LogP contribution in [0.4, 0.5) is 0 Å². The standard InChI is InChI=1S/2C6H10O4.2C5H10O3.C4H8O2.8CH4/c2*1-3-9-6(8)4-10-5(2)7;2*1-3-7-4-8-5(2)6;1-3-6-4(2)5;;;;;;;;/h2*3-4H2,1-2H3;2*3-4H2,1-2H3;3H2,1-2H3;8*1H4. The number of hydrogen-bond donors (Lipinski definition) is 0. The maximum absolute atomic E-state index is 10.4. The molecule has 0 aromatic carbocycles. The molecular weight excluding hydrogens is 664 g/mol. The molecule has 0 aliphatic carbocycles. The fourth-order valence-corrected chi connectivity index (χ4v) is 1.35. The summed E-state index contributed by atoms with van der Waals surface area (Å²) >= 11 is 0. The number of carbonyl (C=O) groups is 7. The van der Waals surface area contributed by atoms with Crippen LogP contribution in [0.1, 0.15) is 129 Å². The summed E-state index contributed by atoms with van der Waals surface area (Å²) < 4.78 is 40.3. The minimum Gasteiger partial charge on any atom is -0.466 e. The van der Waals surface area contributed by atoms with Gasteiger partial charge in [-0.15, -0.1) is 0 Å². The molecule has 0 aromatic heterocycles. The Morgan fingerprint density at radius 1 is 0.320 bits per heavy atom. The zero-order chi connectivity index (χ0) is 33.8. The number of rotatable bonds is 13. The van der Waals surface area contributed by atoms with Crippen molar-refractivity contribution in [2.24, 2.45) is 0 Å². The molecule has 0 unspecified atom stereocenters. The van der Waals surface area contributed by atoms with Gasteiger partial charge in [0.1, 0.15) is 0 Å². The molecule has 0 fully saturated rings. The van der Waals surface area contributed by atoms with Crippen LogP contribution in [0.3, 0.4) is 0 Å². The van der Waals surface area contributed by atoms with Gasteiger partial charge in [-0.05, 0) is 34.6 Å². The molecule has 0 bridgehead atoms. The molecule has 0 amide bonds. The second-order valence-corrected chi connectivity index (χ2v) is 6.59. The highest BCUT2D eigenvalue weighted by Crippen LogP contribution is 1.82. The summed E-state index contributed by atoms with van der Waals surface area (Å²) in [7, 11) is 0. The summed E-state index contributed by atoms with van der Waals surface area (Å²) in [6.45, 7) is 17.2. The number of esters is 7. The van der Waals surface area contributed by atoms with E-state index in [-0.39, 0.29) is 104 Å². The van der Waals surface area contributed by atoms with E-state index in [2.05, 4.69) is 33.2 Å². The average molecular weight is 745 g/mol. The molecule has 0 rings (SSSR count). The molecule has 0 saturated carbocycles. The van der Waals surface area contributed by atoms with Crippen molar-refractivity contribution in [2.45, 2.75) is 129 Å². The van der Waals surface area contributed by atoms with Crippen molar-refractivity contribution >= 4 is 41.8 Å². The number of carbonyl (C=O) groups excluding carboxylic acids is 7. The largest absolute Gasteiger partial charge is 0.466 e. The van der Waals surface area contributed by atoms with Gasteiger partial charge in [0.2, 0.25) is 0 Å². The van der Waals surface area contributed by atoms with Crippen LogP contribution in [-0.2, 0) is 76.2 Å². The first-order chi connectivity index (χ1) is 19.6. The average Bonchev–Trinajstić information content (AvgIpc) is 2.88. The quantitative estimate of drug-likeness (QED) is 0.0808. The molecule has 16 heteroatoms. The molecule has 0 aliphatic heterocycles. The van der Waals surface area contributed by atoms with Crippen LogP contribution in [0.15, 0.2) is 0 Å². The zero-order valence-electron chi connectivity index (χ0n) is 26.4. The van der Waals surface area contributed by atoms with Crippen LogP contribution >= 0.6 is 0 Å². The topological polar surface area (TPSA) is 203 Å². The summed E-state index contributed by atoms with van der Waals surface area (Å²) in [4.78, 5) is 71.0. The van der Waals surface area contributed by atoms with E-state index in [0.29, 0.717) is 33.0 Å². The first-order valence-electron chi connectivity index (χ1n) is 12.8. The Hall–Kier alpha value is -3.79. The Kier molecular flexibility index (Phi) is 122. The summed E-state index contributed by atoms with van der Waals surface area (Å²) in [6, 6.07) is 0. The molecule has 0 aromatic rings. The van der Waals surface area contributed by atoms with Gasteiger partial charge >= 0.3 is 41.8 Å². The highest BCUT2D eigenvalue weighted by molar-refractivity contribution is 5.75. The van der Waals surface area contributed by atoms with E-state index >= 15 is 0 Å². The molecule has 0 heterocycles. The monoisotopic (exact) mass is 745 g/mol. The third-order valence-corrected chi connectivity index (χ3v) is 2.84. The molecule has 0 radical (unpaired) electrons. The van der Waals surface area contributed by atoms with Gasteiger partial charge in [-0.1, -0.05) is 59.4 Å².